The van der Waals surface area contributed by atoms with E-state index in [9.17, 15) is 0 Å². The van der Waals surface area contributed by atoms with Crippen LogP contribution in [0.5, 0.6) is 0 Å². The van der Waals surface area contributed by atoms with Gasteiger partial charge in [-0.1, -0.05) is 6.07 Å². The Morgan fingerprint density at radius 2 is 2.00 bits per heavy atom. The predicted molar refractivity (Wildman–Crippen MR) is 77.7 cm³/mol. The highest BCUT2D eigenvalue weighted by molar-refractivity contribution is 7.98. The van der Waals surface area contributed by atoms with Crippen molar-refractivity contribution in [1.29, 1.82) is 0 Å². The Labute approximate surface area is 116 Å². The third-order valence-electron chi connectivity index (χ3n) is 2.64. The number of hydrazine groups is 1. The summed E-state index contributed by atoms with van der Waals surface area (Å²) in [6, 6.07) is 3.97. The van der Waals surface area contributed by atoms with Crippen molar-refractivity contribution in [3.63, 3.8) is 0 Å². The van der Waals surface area contributed by atoms with E-state index in [1.54, 1.807) is 30.4 Å². The largest absolute Gasteiger partial charge is 0.381 e. The third-order valence-corrected chi connectivity index (χ3v) is 3.40. The lowest BCUT2D eigenvalue weighted by Gasteiger charge is -2.18. The molecule has 0 aromatic carbocycles. The Hall–Kier alpha value is -1.86. The van der Waals surface area contributed by atoms with Crippen molar-refractivity contribution in [1.82, 2.24) is 15.0 Å². The quantitative estimate of drug-likeness (QED) is 0.479. The van der Waals surface area contributed by atoms with E-state index in [4.69, 9.17) is 11.6 Å². The molecule has 0 saturated heterocycles. The van der Waals surface area contributed by atoms with E-state index in [1.807, 2.05) is 18.4 Å². The SMILES string of the molecule is CSc1ncccc1CCN(N)c1nccnc1N. The minimum atomic E-state index is 0.335. The average Bonchev–Trinajstić information content (AvgIpc) is 2.45. The molecule has 0 spiro atoms. The molecule has 0 fully saturated rings. The molecule has 0 amide bonds. The fourth-order valence-electron chi connectivity index (χ4n) is 1.71. The van der Waals surface area contributed by atoms with Gasteiger partial charge in [-0.3, -0.25) is 5.01 Å². The highest BCUT2D eigenvalue weighted by atomic mass is 32.2. The lowest BCUT2D eigenvalue weighted by molar-refractivity contribution is 0.792. The van der Waals surface area contributed by atoms with Crippen LogP contribution < -0.4 is 16.6 Å². The van der Waals surface area contributed by atoms with E-state index in [2.05, 4.69) is 15.0 Å². The van der Waals surface area contributed by atoms with Crippen LogP contribution in [-0.4, -0.2) is 27.8 Å². The summed E-state index contributed by atoms with van der Waals surface area (Å²) in [6.45, 7) is 0.599. The van der Waals surface area contributed by atoms with Crippen molar-refractivity contribution in [3.05, 3.63) is 36.3 Å². The van der Waals surface area contributed by atoms with Gasteiger partial charge in [0.1, 0.15) is 0 Å². The molecule has 6 nitrogen and oxygen atoms in total. The van der Waals surface area contributed by atoms with Crippen LogP contribution in [0.25, 0.3) is 0 Å². The number of nitrogens with two attached hydrogens (primary N) is 2. The highest BCUT2D eigenvalue weighted by Crippen LogP contribution is 2.19. The van der Waals surface area contributed by atoms with Gasteiger partial charge in [-0.05, 0) is 24.3 Å². The molecule has 0 aliphatic heterocycles. The third kappa shape index (κ3) is 3.33. The van der Waals surface area contributed by atoms with Crippen LogP contribution in [0, 0.1) is 0 Å². The number of hydrogen-bond acceptors (Lipinski definition) is 7. The second-order valence-electron chi connectivity index (χ2n) is 3.88. The summed E-state index contributed by atoms with van der Waals surface area (Å²) in [4.78, 5) is 12.4. The average molecular weight is 276 g/mol. The molecule has 0 unspecified atom stereocenters. The van der Waals surface area contributed by atoms with Crippen LogP contribution >= 0.6 is 11.8 Å². The first-order valence-electron chi connectivity index (χ1n) is 5.79. The number of thioether (sulfide) groups is 1. The van der Waals surface area contributed by atoms with Gasteiger partial charge in [0.25, 0.3) is 0 Å². The summed E-state index contributed by atoms with van der Waals surface area (Å²) in [5.74, 6) is 6.79. The molecule has 0 saturated carbocycles. The first kappa shape index (κ1) is 13.6. The first-order valence-corrected chi connectivity index (χ1v) is 7.01. The number of hydrogen-bond donors (Lipinski definition) is 2. The maximum Gasteiger partial charge on any atom is 0.185 e. The second kappa shape index (κ2) is 6.35. The maximum absolute atomic E-state index is 5.96. The molecule has 19 heavy (non-hydrogen) atoms. The molecule has 4 N–H and O–H groups in total. The highest BCUT2D eigenvalue weighted by Gasteiger charge is 2.09. The van der Waals surface area contributed by atoms with Crippen molar-refractivity contribution in [2.45, 2.75) is 11.4 Å². The van der Waals surface area contributed by atoms with Gasteiger partial charge in [0.05, 0.1) is 5.03 Å². The van der Waals surface area contributed by atoms with E-state index in [1.165, 1.54) is 5.01 Å². The van der Waals surface area contributed by atoms with Crippen molar-refractivity contribution < 1.29 is 0 Å². The van der Waals surface area contributed by atoms with Gasteiger partial charge in [-0.15, -0.1) is 11.8 Å². The minimum absolute atomic E-state index is 0.335. The van der Waals surface area contributed by atoms with Gasteiger partial charge in [-0.25, -0.2) is 20.8 Å². The zero-order valence-corrected chi connectivity index (χ0v) is 11.5. The zero-order valence-electron chi connectivity index (χ0n) is 10.7. The molecular weight excluding hydrogens is 260 g/mol. The molecule has 2 heterocycles. The standard InChI is InChI=1S/C12H16N6S/c1-19-12-9(3-2-5-17-12)4-8-18(14)11-10(13)15-6-7-16-11/h2-3,5-7H,4,8,14H2,1H3,(H2,13,15). The molecule has 7 heteroatoms. The van der Waals surface area contributed by atoms with Gasteiger partial charge in [0.15, 0.2) is 11.6 Å². The summed E-state index contributed by atoms with van der Waals surface area (Å²) >= 11 is 1.62. The van der Waals surface area contributed by atoms with Crippen LogP contribution in [0.2, 0.25) is 0 Å². The van der Waals surface area contributed by atoms with Crippen LogP contribution in [0.15, 0.2) is 35.7 Å². The van der Waals surface area contributed by atoms with Crippen LogP contribution in [0.1, 0.15) is 5.56 Å². The topological polar surface area (TPSA) is 94.0 Å². The van der Waals surface area contributed by atoms with E-state index >= 15 is 0 Å². The summed E-state index contributed by atoms with van der Waals surface area (Å²) in [5, 5.41) is 2.53. The Bertz CT molecular complexity index is 547. The second-order valence-corrected chi connectivity index (χ2v) is 4.68. The van der Waals surface area contributed by atoms with Crippen LogP contribution in [0.4, 0.5) is 11.6 Å². The van der Waals surface area contributed by atoms with Crippen LogP contribution in [0.3, 0.4) is 0 Å². The molecule has 2 aromatic heterocycles. The van der Waals surface area contributed by atoms with Crippen molar-refractivity contribution >= 4 is 23.4 Å². The van der Waals surface area contributed by atoms with E-state index < -0.39 is 0 Å². The first-order chi connectivity index (χ1) is 9.22. The Kier molecular flexibility index (Phi) is 4.53. The predicted octanol–water partition coefficient (Wildman–Crippen LogP) is 1.10. The van der Waals surface area contributed by atoms with Gasteiger partial charge in [0.2, 0.25) is 0 Å². The smallest absolute Gasteiger partial charge is 0.185 e. The summed E-state index contributed by atoms with van der Waals surface area (Å²) < 4.78 is 0. The number of nitrogen functional groups attached to an aromatic ring is 1. The molecule has 100 valence electrons. The molecule has 2 rings (SSSR count). The lowest BCUT2D eigenvalue weighted by Crippen LogP contribution is -2.34. The monoisotopic (exact) mass is 276 g/mol. The van der Waals surface area contributed by atoms with Crippen molar-refractivity contribution in [2.24, 2.45) is 5.84 Å². The molecule has 0 radical (unpaired) electrons. The Morgan fingerprint density at radius 3 is 2.74 bits per heavy atom. The van der Waals surface area contributed by atoms with Crippen LogP contribution in [-0.2, 0) is 6.42 Å². The maximum atomic E-state index is 5.96. The number of anilines is 2. The van der Waals surface area contributed by atoms with Gasteiger partial charge < -0.3 is 5.73 Å². The molecular formula is C12H16N6S. The zero-order chi connectivity index (χ0) is 13.7. The van der Waals surface area contributed by atoms with Gasteiger partial charge in [0, 0.05) is 25.1 Å². The van der Waals surface area contributed by atoms with Gasteiger partial charge in [-0.2, -0.15) is 0 Å². The lowest BCUT2D eigenvalue weighted by atomic mass is 10.2. The molecule has 0 aliphatic carbocycles. The molecule has 2 aromatic rings. The number of aromatic nitrogens is 3. The Morgan fingerprint density at radius 1 is 1.21 bits per heavy atom. The molecule has 0 aliphatic rings. The number of rotatable bonds is 5. The Balaban J connectivity index is 2.04. The van der Waals surface area contributed by atoms with E-state index in [-0.39, 0.29) is 0 Å². The fraction of sp³-hybridized carbons (Fsp3) is 0.250. The number of nitrogens with zero attached hydrogens (tertiary/aromatic N) is 4. The van der Waals surface area contributed by atoms with Crippen molar-refractivity contribution in [2.75, 3.05) is 23.5 Å². The van der Waals surface area contributed by atoms with Crippen molar-refractivity contribution in [3.8, 4) is 0 Å². The fourth-order valence-corrected chi connectivity index (χ4v) is 2.31. The van der Waals surface area contributed by atoms with E-state index in [0.29, 0.717) is 18.2 Å². The van der Waals surface area contributed by atoms with Gasteiger partial charge >= 0.3 is 0 Å². The minimum Gasteiger partial charge on any atom is -0.381 e. The summed E-state index contributed by atoms with van der Waals surface area (Å²) in [5.41, 5.74) is 6.89. The normalized spacial score (nSPS) is 10.4. The molecule has 0 bridgehead atoms. The number of pyridine rings is 1. The summed E-state index contributed by atoms with van der Waals surface area (Å²) in [6.07, 6.45) is 7.68. The molecule has 0 atom stereocenters. The van der Waals surface area contributed by atoms with E-state index in [0.717, 1.165) is 17.0 Å². The summed E-state index contributed by atoms with van der Waals surface area (Å²) in [7, 11) is 0.